The maximum Gasteiger partial charge on any atom is 0.280 e. The van der Waals surface area contributed by atoms with Crippen LogP contribution in [0, 0.1) is 0 Å². The van der Waals surface area contributed by atoms with E-state index in [1.54, 1.807) is 48.5 Å². The van der Waals surface area contributed by atoms with Gasteiger partial charge in [0.05, 0.1) is 46.5 Å². The lowest BCUT2D eigenvalue weighted by molar-refractivity contribution is 0.101. The molecule has 0 spiro atoms. The Labute approximate surface area is 206 Å². The minimum atomic E-state index is -0.552. The molecule has 10 heteroatoms. The standard InChI is InChI=1S/C26H25N3O7/c1-32-19-11-10-15(12-20(19)33-2)25(30)28-29-24(27-18-9-7-6-8-17(18)26(29)31)16-13-21(34-3)23(36-5)22(14-16)35-4/h6-14H,1-5H3,(H,28,30). The van der Waals surface area contributed by atoms with Crippen LogP contribution in [0.2, 0.25) is 0 Å². The second kappa shape index (κ2) is 10.3. The summed E-state index contributed by atoms with van der Waals surface area (Å²) >= 11 is 0. The summed E-state index contributed by atoms with van der Waals surface area (Å²) in [7, 11) is 7.44. The molecule has 0 fully saturated rings. The van der Waals surface area contributed by atoms with E-state index in [9.17, 15) is 9.59 Å². The number of carbonyl (C=O) groups excluding carboxylic acids is 1. The molecule has 186 valence electrons. The van der Waals surface area contributed by atoms with E-state index in [2.05, 4.69) is 10.4 Å². The van der Waals surface area contributed by atoms with Crippen LogP contribution in [0.1, 0.15) is 10.4 Å². The van der Waals surface area contributed by atoms with Gasteiger partial charge in [-0.05, 0) is 42.5 Å². The molecule has 0 atom stereocenters. The van der Waals surface area contributed by atoms with E-state index in [4.69, 9.17) is 23.7 Å². The van der Waals surface area contributed by atoms with E-state index in [0.29, 0.717) is 45.2 Å². The highest BCUT2D eigenvalue weighted by Gasteiger charge is 2.21. The van der Waals surface area contributed by atoms with Crippen molar-refractivity contribution in [2.24, 2.45) is 0 Å². The quantitative estimate of drug-likeness (QED) is 0.399. The first-order valence-electron chi connectivity index (χ1n) is 10.8. The van der Waals surface area contributed by atoms with E-state index in [-0.39, 0.29) is 11.4 Å². The Morgan fingerprint density at radius 1 is 0.778 bits per heavy atom. The van der Waals surface area contributed by atoms with Gasteiger partial charge in [-0.3, -0.25) is 15.0 Å². The lowest BCUT2D eigenvalue weighted by Gasteiger charge is -2.18. The Kier molecular flexibility index (Phi) is 6.95. The number of fused-ring (bicyclic) bond motifs is 1. The van der Waals surface area contributed by atoms with Gasteiger partial charge in [-0.2, -0.15) is 4.68 Å². The number of methoxy groups -OCH3 is 5. The first-order chi connectivity index (χ1) is 17.4. The third-order valence-electron chi connectivity index (χ3n) is 5.56. The summed E-state index contributed by atoms with van der Waals surface area (Å²) in [4.78, 5) is 31.4. The number of nitrogens with zero attached hydrogens (tertiary/aromatic N) is 2. The van der Waals surface area contributed by atoms with Crippen LogP contribution in [0.25, 0.3) is 22.3 Å². The van der Waals surface area contributed by atoms with Gasteiger partial charge in [-0.25, -0.2) is 4.98 Å². The SMILES string of the molecule is COc1ccc(C(=O)Nn2c(-c3cc(OC)c(OC)c(OC)c3)nc3ccccc3c2=O)cc1OC. The predicted octanol–water partition coefficient (Wildman–Crippen LogP) is 3.49. The van der Waals surface area contributed by atoms with Crippen LogP contribution in [0.3, 0.4) is 0 Å². The first-order valence-corrected chi connectivity index (χ1v) is 10.8. The lowest BCUT2D eigenvalue weighted by Crippen LogP contribution is -2.35. The summed E-state index contributed by atoms with van der Waals surface area (Å²) in [5, 5.41) is 0.335. The number of hydrogen-bond donors (Lipinski definition) is 1. The van der Waals surface area contributed by atoms with Crippen molar-refractivity contribution in [3.05, 3.63) is 70.5 Å². The summed E-state index contributed by atoms with van der Waals surface area (Å²) in [5.74, 6) is 1.58. The van der Waals surface area contributed by atoms with Crippen molar-refractivity contribution in [2.75, 3.05) is 41.0 Å². The van der Waals surface area contributed by atoms with Crippen LogP contribution < -0.4 is 34.7 Å². The molecule has 3 aromatic carbocycles. The van der Waals surface area contributed by atoms with Crippen molar-refractivity contribution in [1.82, 2.24) is 9.66 Å². The fourth-order valence-electron chi connectivity index (χ4n) is 3.78. The number of benzene rings is 3. The van der Waals surface area contributed by atoms with Crippen LogP contribution in [0.4, 0.5) is 0 Å². The molecule has 1 amide bonds. The first kappa shape index (κ1) is 24.4. The average Bonchev–Trinajstić information content (AvgIpc) is 2.92. The molecule has 4 aromatic rings. The Morgan fingerprint density at radius 3 is 2.03 bits per heavy atom. The highest BCUT2D eigenvalue weighted by Crippen LogP contribution is 2.40. The third kappa shape index (κ3) is 4.36. The van der Waals surface area contributed by atoms with Gasteiger partial charge in [0, 0.05) is 11.1 Å². The van der Waals surface area contributed by atoms with Gasteiger partial charge in [0.25, 0.3) is 11.5 Å². The molecule has 0 bridgehead atoms. The predicted molar refractivity (Wildman–Crippen MR) is 134 cm³/mol. The minimum absolute atomic E-state index is 0.173. The van der Waals surface area contributed by atoms with E-state index in [0.717, 1.165) is 4.68 Å². The lowest BCUT2D eigenvalue weighted by atomic mass is 10.1. The fourth-order valence-corrected chi connectivity index (χ4v) is 3.78. The molecule has 0 saturated carbocycles. The smallest absolute Gasteiger partial charge is 0.280 e. The Balaban J connectivity index is 1.90. The van der Waals surface area contributed by atoms with E-state index < -0.39 is 11.5 Å². The Bertz CT molecular complexity index is 1470. The molecule has 0 aliphatic carbocycles. The maximum absolute atomic E-state index is 13.5. The van der Waals surface area contributed by atoms with Gasteiger partial charge in [0.2, 0.25) is 5.75 Å². The van der Waals surface area contributed by atoms with Gasteiger partial charge in [0.1, 0.15) is 0 Å². The monoisotopic (exact) mass is 491 g/mol. The molecule has 4 rings (SSSR count). The molecular formula is C26H25N3O7. The number of carbonyl (C=O) groups is 1. The minimum Gasteiger partial charge on any atom is -0.493 e. The molecule has 1 N–H and O–H groups in total. The van der Waals surface area contributed by atoms with E-state index >= 15 is 0 Å². The van der Waals surface area contributed by atoms with Crippen LogP contribution >= 0.6 is 0 Å². The molecule has 1 aromatic heterocycles. The number of amides is 1. The number of rotatable bonds is 8. The van der Waals surface area contributed by atoms with Crippen LogP contribution in [-0.4, -0.2) is 51.1 Å². The van der Waals surface area contributed by atoms with Gasteiger partial charge in [0.15, 0.2) is 28.8 Å². The molecule has 0 aliphatic heterocycles. The molecule has 0 saturated heterocycles. The van der Waals surface area contributed by atoms with Crippen molar-refractivity contribution >= 4 is 16.8 Å². The van der Waals surface area contributed by atoms with Crippen molar-refractivity contribution < 1.29 is 28.5 Å². The number of para-hydroxylation sites is 1. The van der Waals surface area contributed by atoms with Gasteiger partial charge >= 0.3 is 0 Å². The fraction of sp³-hybridized carbons (Fsp3) is 0.192. The Hall–Kier alpha value is -4.73. The highest BCUT2D eigenvalue weighted by molar-refractivity contribution is 6.01. The number of ether oxygens (including phenoxy) is 5. The maximum atomic E-state index is 13.5. The molecule has 0 unspecified atom stereocenters. The van der Waals surface area contributed by atoms with Crippen molar-refractivity contribution in [3.8, 4) is 40.1 Å². The Morgan fingerprint density at radius 2 is 1.42 bits per heavy atom. The second-order valence-corrected chi connectivity index (χ2v) is 7.52. The van der Waals surface area contributed by atoms with Crippen LogP contribution in [0.15, 0.2) is 59.4 Å². The molecule has 10 nitrogen and oxygen atoms in total. The number of nitrogens with one attached hydrogen (secondary N) is 1. The summed E-state index contributed by atoms with van der Waals surface area (Å²) in [6.45, 7) is 0. The number of aromatic nitrogens is 2. The highest BCUT2D eigenvalue weighted by atomic mass is 16.5. The molecule has 36 heavy (non-hydrogen) atoms. The van der Waals surface area contributed by atoms with Gasteiger partial charge < -0.3 is 23.7 Å². The zero-order valence-corrected chi connectivity index (χ0v) is 20.4. The molecular weight excluding hydrogens is 466 g/mol. The topological polar surface area (TPSA) is 110 Å². The molecule has 1 heterocycles. The van der Waals surface area contributed by atoms with Gasteiger partial charge in [-0.1, -0.05) is 12.1 Å². The van der Waals surface area contributed by atoms with Crippen molar-refractivity contribution in [2.45, 2.75) is 0 Å². The largest absolute Gasteiger partial charge is 0.493 e. The van der Waals surface area contributed by atoms with E-state index in [1.807, 2.05) is 0 Å². The molecule has 0 radical (unpaired) electrons. The number of hydrogen-bond acceptors (Lipinski definition) is 8. The third-order valence-corrected chi connectivity index (χ3v) is 5.56. The van der Waals surface area contributed by atoms with Crippen molar-refractivity contribution in [3.63, 3.8) is 0 Å². The van der Waals surface area contributed by atoms with Crippen LogP contribution in [0.5, 0.6) is 28.7 Å². The second-order valence-electron chi connectivity index (χ2n) is 7.52. The summed E-state index contributed by atoms with van der Waals surface area (Å²) in [6.07, 6.45) is 0. The average molecular weight is 492 g/mol. The normalized spacial score (nSPS) is 10.6. The summed E-state index contributed by atoms with van der Waals surface area (Å²) in [5.41, 5.74) is 3.38. The van der Waals surface area contributed by atoms with Crippen molar-refractivity contribution in [1.29, 1.82) is 0 Å². The van der Waals surface area contributed by atoms with Crippen LogP contribution in [-0.2, 0) is 0 Å². The molecule has 0 aliphatic rings. The summed E-state index contributed by atoms with van der Waals surface area (Å²) < 4.78 is 28.0. The summed E-state index contributed by atoms with van der Waals surface area (Å²) in [6, 6.07) is 14.9. The van der Waals surface area contributed by atoms with E-state index in [1.165, 1.54) is 41.6 Å². The zero-order chi connectivity index (χ0) is 25.8. The zero-order valence-electron chi connectivity index (χ0n) is 20.4. The van der Waals surface area contributed by atoms with Gasteiger partial charge in [-0.15, -0.1) is 0 Å².